The standard InChI is InChI=1S/C15H14BrF3N2O2S/c1-21(9-11-6-7-13(16)24-11)14(22)20-8-10-4-2-3-5-12(10)23-15(17,18)19/h2-7H,8-9H2,1H3,(H,20,22). The van der Waals surface area contributed by atoms with E-state index in [2.05, 4.69) is 26.0 Å². The normalized spacial score (nSPS) is 11.2. The summed E-state index contributed by atoms with van der Waals surface area (Å²) in [5.41, 5.74) is 0.246. The average molecular weight is 423 g/mol. The van der Waals surface area contributed by atoms with Gasteiger partial charge >= 0.3 is 12.4 Å². The number of ether oxygens (including phenoxy) is 1. The minimum Gasteiger partial charge on any atom is -0.405 e. The number of alkyl halides is 3. The van der Waals surface area contributed by atoms with Gasteiger partial charge in [0.1, 0.15) is 5.75 Å². The third-order valence-corrected chi connectivity index (χ3v) is 4.61. The Kier molecular flexibility index (Phi) is 6.11. The van der Waals surface area contributed by atoms with E-state index in [-0.39, 0.29) is 23.9 Å². The highest BCUT2D eigenvalue weighted by molar-refractivity contribution is 9.11. The number of hydrogen-bond donors (Lipinski definition) is 1. The van der Waals surface area contributed by atoms with E-state index in [4.69, 9.17) is 0 Å². The lowest BCUT2D eigenvalue weighted by Crippen LogP contribution is -2.36. The average Bonchev–Trinajstić information content (AvgIpc) is 2.89. The third kappa shape index (κ3) is 5.72. The molecule has 2 amide bonds. The van der Waals surface area contributed by atoms with Crippen LogP contribution in [0.15, 0.2) is 40.2 Å². The van der Waals surface area contributed by atoms with Crippen molar-refractivity contribution in [1.82, 2.24) is 10.2 Å². The molecule has 2 aromatic rings. The number of benzene rings is 1. The van der Waals surface area contributed by atoms with E-state index in [1.165, 1.54) is 34.4 Å². The molecule has 4 nitrogen and oxygen atoms in total. The van der Waals surface area contributed by atoms with E-state index in [9.17, 15) is 18.0 Å². The Morgan fingerprint density at radius 3 is 2.62 bits per heavy atom. The fourth-order valence-corrected chi connectivity index (χ4v) is 3.46. The molecule has 0 aliphatic rings. The Hall–Kier alpha value is -1.74. The molecule has 9 heteroatoms. The Labute approximate surface area is 149 Å². The van der Waals surface area contributed by atoms with Gasteiger partial charge in [-0.25, -0.2) is 4.79 Å². The number of rotatable bonds is 5. The second-order valence-electron chi connectivity index (χ2n) is 4.88. The number of carbonyl (C=O) groups is 1. The molecule has 24 heavy (non-hydrogen) atoms. The molecule has 130 valence electrons. The molecule has 0 unspecified atom stereocenters. The molecule has 0 atom stereocenters. The Balaban J connectivity index is 1.94. The van der Waals surface area contributed by atoms with Gasteiger partial charge in [0.25, 0.3) is 0 Å². The number of hydrogen-bond acceptors (Lipinski definition) is 3. The zero-order valence-corrected chi connectivity index (χ0v) is 15.0. The van der Waals surface area contributed by atoms with E-state index in [0.29, 0.717) is 6.54 Å². The van der Waals surface area contributed by atoms with Gasteiger partial charge in [0, 0.05) is 24.0 Å². The second kappa shape index (κ2) is 7.89. The third-order valence-electron chi connectivity index (χ3n) is 3.00. The maximum absolute atomic E-state index is 12.4. The molecule has 2 rings (SSSR count). The summed E-state index contributed by atoms with van der Waals surface area (Å²) in [4.78, 5) is 14.5. The van der Waals surface area contributed by atoms with Crippen LogP contribution < -0.4 is 10.1 Å². The van der Waals surface area contributed by atoms with Crippen molar-refractivity contribution >= 4 is 33.3 Å². The summed E-state index contributed by atoms with van der Waals surface area (Å²) in [6.07, 6.45) is -4.77. The largest absolute Gasteiger partial charge is 0.573 e. The molecule has 1 aromatic carbocycles. The summed E-state index contributed by atoms with van der Waals surface area (Å²) in [6, 6.07) is 9.09. The number of halogens is 4. The first-order chi connectivity index (χ1) is 11.2. The van der Waals surface area contributed by atoms with Crippen LogP contribution in [-0.2, 0) is 13.1 Å². The van der Waals surface area contributed by atoms with Crippen LogP contribution in [0.4, 0.5) is 18.0 Å². The van der Waals surface area contributed by atoms with Gasteiger partial charge in [-0.3, -0.25) is 0 Å². The predicted molar refractivity (Wildman–Crippen MR) is 88.8 cm³/mol. The van der Waals surface area contributed by atoms with Crippen LogP contribution in [0.1, 0.15) is 10.4 Å². The molecule has 1 N–H and O–H groups in total. The van der Waals surface area contributed by atoms with Crippen LogP contribution in [0.2, 0.25) is 0 Å². The Morgan fingerprint density at radius 1 is 1.29 bits per heavy atom. The van der Waals surface area contributed by atoms with Gasteiger partial charge in [-0.05, 0) is 34.1 Å². The highest BCUT2D eigenvalue weighted by Crippen LogP contribution is 2.26. The molecule has 0 aliphatic carbocycles. The molecule has 0 saturated heterocycles. The lowest BCUT2D eigenvalue weighted by atomic mass is 10.2. The van der Waals surface area contributed by atoms with Crippen LogP contribution in [0.3, 0.4) is 0 Å². The molecular formula is C15H14BrF3N2O2S. The minimum atomic E-state index is -4.77. The molecule has 0 bridgehead atoms. The summed E-state index contributed by atoms with van der Waals surface area (Å²) in [6.45, 7) is 0.340. The van der Waals surface area contributed by atoms with Crippen LogP contribution >= 0.6 is 27.3 Å². The molecular weight excluding hydrogens is 409 g/mol. The van der Waals surface area contributed by atoms with Gasteiger partial charge in [-0.2, -0.15) is 0 Å². The lowest BCUT2D eigenvalue weighted by molar-refractivity contribution is -0.274. The second-order valence-corrected chi connectivity index (χ2v) is 7.42. The highest BCUT2D eigenvalue weighted by atomic mass is 79.9. The van der Waals surface area contributed by atoms with Crippen LogP contribution in [0.25, 0.3) is 0 Å². The first-order valence-corrected chi connectivity index (χ1v) is 8.42. The van der Waals surface area contributed by atoms with E-state index < -0.39 is 6.36 Å². The smallest absolute Gasteiger partial charge is 0.405 e. The monoisotopic (exact) mass is 422 g/mol. The number of carbonyl (C=O) groups excluding carboxylic acids is 1. The molecule has 0 aliphatic heterocycles. The fraction of sp³-hybridized carbons (Fsp3) is 0.267. The van der Waals surface area contributed by atoms with E-state index >= 15 is 0 Å². The van der Waals surface area contributed by atoms with Crippen LogP contribution in [0.5, 0.6) is 5.75 Å². The summed E-state index contributed by atoms with van der Waals surface area (Å²) < 4.78 is 42.0. The van der Waals surface area contributed by atoms with E-state index in [0.717, 1.165) is 8.66 Å². The predicted octanol–water partition coefficient (Wildman–Crippen LogP) is 4.75. The quantitative estimate of drug-likeness (QED) is 0.754. The summed E-state index contributed by atoms with van der Waals surface area (Å²) in [7, 11) is 1.61. The molecule has 0 spiro atoms. The van der Waals surface area contributed by atoms with E-state index in [1.54, 1.807) is 13.1 Å². The van der Waals surface area contributed by atoms with Crippen molar-refractivity contribution < 1.29 is 22.7 Å². The van der Waals surface area contributed by atoms with Gasteiger partial charge in [-0.1, -0.05) is 18.2 Å². The molecule has 0 saturated carbocycles. The lowest BCUT2D eigenvalue weighted by Gasteiger charge is -2.18. The van der Waals surface area contributed by atoms with Gasteiger partial charge in [0.15, 0.2) is 0 Å². The molecule has 0 fully saturated rings. The van der Waals surface area contributed by atoms with Gasteiger partial charge in [-0.15, -0.1) is 24.5 Å². The van der Waals surface area contributed by atoms with Gasteiger partial charge in [0.05, 0.1) is 10.3 Å². The zero-order valence-electron chi connectivity index (χ0n) is 12.6. The SMILES string of the molecule is CN(Cc1ccc(Br)s1)C(=O)NCc1ccccc1OC(F)(F)F. The number of urea groups is 1. The van der Waals surface area contributed by atoms with Crippen molar-refractivity contribution in [2.24, 2.45) is 0 Å². The summed E-state index contributed by atoms with van der Waals surface area (Å²) in [5, 5.41) is 2.58. The van der Waals surface area contributed by atoms with Gasteiger partial charge in [0.2, 0.25) is 0 Å². The van der Waals surface area contributed by atoms with Crippen molar-refractivity contribution in [3.05, 3.63) is 50.6 Å². The summed E-state index contributed by atoms with van der Waals surface area (Å²) >= 11 is 4.85. The maximum atomic E-state index is 12.4. The Bertz CT molecular complexity index is 706. The fourth-order valence-electron chi connectivity index (χ4n) is 1.92. The maximum Gasteiger partial charge on any atom is 0.573 e. The number of para-hydroxylation sites is 1. The van der Waals surface area contributed by atoms with E-state index in [1.807, 2.05) is 12.1 Å². The first-order valence-electron chi connectivity index (χ1n) is 6.81. The first kappa shape index (κ1) is 18.6. The highest BCUT2D eigenvalue weighted by Gasteiger charge is 2.32. The number of amides is 2. The number of nitrogens with one attached hydrogen (secondary N) is 1. The van der Waals surface area contributed by atoms with Crippen molar-refractivity contribution in [2.75, 3.05) is 7.05 Å². The summed E-state index contributed by atoms with van der Waals surface area (Å²) in [5.74, 6) is -0.324. The van der Waals surface area contributed by atoms with Crippen molar-refractivity contribution in [3.63, 3.8) is 0 Å². The van der Waals surface area contributed by atoms with Crippen LogP contribution in [-0.4, -0.2) is 24.3 Å². The minimum absolute atomic E-state index is 0.0659. The zero-order chi connectivity index (χ0) is 17.7. The van der Waals surface area contributed by atoms with Crippen molar-refractivity contribution in [1.29, 1.82) is 0 Å². The van der Waals surface area contributed by atoms with Gasteiger partial charge < -0.3 is 15.0 Å². The molecule has 1 heterocycles. The number of thiophene rings is 1. The Morgan fingerprint density at radius 2 is 2.00 bits per heavy atom. The molecule has 1 aromatic heterocycles. The molecule has 0 radical (unpaired) electrons. The topological polar surface area (TPSA) is 41.6 Å². The number of nitrogens with zero attached hydrogens (tertiary/aromatic N) is 1. The van der Waals surface area contributed by atoms with Crippen molar-refractivity contribution in [2.45, 2.75) is 19.5 Å². The van der Waals surface area contributed by atoms with Crippen molar-refractivity contribution in [3.8, 4) is 5.75 Å². The van der Waals surface area contributed by atoms with Crippen LogP contribution in [0, 0.1) is 0 Å².